The highest BCUT2D eigenvalue weighted by Crippen LogP contribution is 2.23. The predicted molar refractivity (Wildman–Crippen MR) is 84.3 cm³/mol. The minimum absolute atomic E-state index is 0.162. The minimum atomic E-state index is -1.31. The number of nitrogens with two attached hydrogens (primary N) is 1. The first kappa shape index (κ1) is 18.2. The third-order valence-corrected chi connectivity index (χ3v) is 4.37. The zero-order valence-corrected chi connectivity index (χ0v) is 14.0. The van der Waals surface area contributed by atoms with Gasteiger partial charge in [-0.2, -0.15) is 0 Å². The molecule has 0 aromatic carbocycles. The average molecular weight is 340 g/mol. The van der Waals surface area contributed by atoms with Crippen molar-refractivity contribution in [1.82, 2.24) is 15.8 Å². The summed E-state index contributed by atoms with van der Waals surface area (Å²) in [4.78, 5) is 35.2. The fourth-order valence-electron chi connectivity index (χ4n) is 3.08. The standard InChI is InChI=1S/C15H24N4O5/c1-7-4-5-8(2)19(7)18-14(21)13-12(17-9(3)20)10(16)6-11(24-13)15(22)23/h6-8,10,12-13H,4-5,16H2,1-3H3,(H,17,20)(H,18,21)(H,22,23)/t7?,8?,10-,12+,13+/m0/s1. The molecule has 0 aliphatic carbocycles. The van der Waals surface area contributed by atoms with Crippen LogP contribution < -0.4 is 16.5 Å². The van der Waals surface area contributed by atoms with Gasteiger partial charge in [-0.25, -0.2) is 9.80 Å². The third-order valence-electron chi connectivity index (χ3n) is 4.37. The molecule has 0 spiro atoms. The number of amides is 2. The molecule has 5 atom stereocenters. The zero-order chi connectivity index (χ0) is 18.0. The number of nitrogens with one attached hydrogen (secondary N) is 2. The van der Waals surface area contributed by atoms with Crippen LogP contribution in [0.15, 0.2) is 11.8 Å². The van der Waals surface area contributed by atoms with Crippen molar-refractivity contribution >= 4 is 17.8 Å². The van der Waals surface area contributed by atoms with Gasteiger partial charge in [-0.3, -0.25) is 15.0 Å². The Kier molecular flexibility index (Phi) is 5.45. The van der Waals surface area contributed by atoms with Crippen LogP contribution in [0.5, 0.6) is 0 Å². The van der Waals surface area contributed by atoms with Gasteiger partial charge >= 0.3 is 5.97 Å². The van der Waals surface area contributed by atoms with E-state index in [-0.39, 0.29) is 18.0 Å². The van der Waals surface area contributed by atoms with Crippen molar-refractivity contribution in [2.45, 2.75) is 63.9 Å². The van der Waals surface area contributed by atoms with Gasteiger partial charge in [0.15, 0.2) is 0 Å². The second-order valence-electron chi connectivity index (χ2n) is 6.34. The Morgan fingerprint density at radius 1 is 1.29 bits per heavy atom. The van der Waals surface area contributed by atoms with Crippen LogP contribution in [0.1, 0.15) is 33.6 Å². The molecule has 5 N–H and O–H groups in total. The Morgan fingerprint density at radius 3 is 2.38 bits per heavy atom. The average Bonchev–Trinajstić information content (AvgIpc) is 2.80. The number of aliphatic carboxylic acids is 1. The number of carboxylic acids is 1. The molecule has 1 fully saturated rings. The Hall–Kier alpha value is -2.13. The summed E-state index contributed by atoms with van der Waals surface area (Å²) < 4.78 is 5.30. The van der Waals surface area contributed by atoms with Crippen LogP contribution in [-0.2, 0) is 19.1 Å². The Bertz CT molecular complexity index is 554. The maximum absolute atomic E-state index is 12.6. The first-order chi connectivity index (χ1) is 11.2. The number of carboxylic acid groups (broad SMARTS) is 1. The third kappa shape index (κ3) is 3.85. The molecule has 0 aromatic heterocycles. The van der Waals surface area contributed by atoms with Crippen molar-refractivity contribution in [2.75, 3.05) is 0 Å². The number of rotatable bonds is 4. The molecule has 2 heterocycles. The van der Waals surface area contributed by atoms with Gasteiger partial charge in [0.05, 0.1) is 12.1 Å². The molecule has 2 aliphatic heterocycles. The number of hydrogen-bond donors (Lipinski definition) is 4. The quantitative estimate of drug-likeness (QED) is 0.520. The summed E-state index contributed by atoms with van der Waals surface area (Å²) in [6.45, 7) is 5.28. The second kappa shape index (κ2) is 7.18. The predicted octanol–water partition coefficient (Wildman–Crippen LogP) is -0.910. The number of hydrazine groups is 1. The van der Waals surface area contributed by atoms with Crippen LogP contribution in [0.2, 0.25) is 0 Å². The number of hydrogen-bond acceptors (Lipinski definition) is 6. The molecule has 24 heavy (non-hydrogen) atoms. The van der Waals surface area contributed by atoms with Gasteiger partial charge in [0.25, 0.3) is 5.91 Å². The van der Waals surface area contributed by atoms with E-state index in [9.17, 15) is 14.4 Å². The van der Waals surface area contributed by atoms with Crippen molar-refractivity contribution in [3.63, 3.8) is 0 Å². The largest absolute Gasteiger partial charge is 0.475 e. The van der Waals surface area contributed by atoms with Gasteiger partial charge in [0.1, 0.15) is 0 Å². The fourth-order valence-corrected chi connectivity index (χ4v) is 3.08. The number of carbonyl (C=O) groups excluding carboxylic acids is 2. The maximum Gasteiger partial charge on any atom is 0.370 e. The van der Waals surface area contributed by atoms with Crippen LogP contribution in [0.3, 0.4) is 0 Å². The SMILES string of the molecule is CC(=O)N[C@@H]1[C@@H](N)C=C(C(=O)O)O[C@H]1C(=O)NN1C(C)CCC1C. The van der Waals surface area contributed by atoms with Crippen LogP contribution in [0, 0.1) is 0 Å². The topological polar surface area (TPSA) is 134 Å². The first-order valence-corrected chi connectivity index (χ1v) is 7.94. The molecule has 134 valence electrons. The van der Waals surface area contributed by atoms with Gasteiger partial charge < -0.3 is 20.9 Å². The molecule has 1 saturated heterocycles. The van der Waals surface area contributed by atoms with Crippen molar-refractivity contribution in [3.8, 4) is 0 Å². The molecule has 9 heteroatoms. The molecule has 0 aromatic rings. The number of carbonyl (C=O) groups is 3. The van der Waals surface area contributed by atoms with Gasteiger partial charge in [-0.15, -0.1) is 0 Å². The van der Waals surface area contributed by atoms with E-state index in [0.717, 1.165) is 12.8 Å². The van der Waals surface area contributed by atoms with Crippen LogP contribution in [-0.4, -0.2) is 58.2 Å². The van der Waals surface area contributed by atoms with E-state index in [4.69, 9.17) is 15.6 Å². The van der Waals surface area contributed by atoms with Gasteiger partial charge in [-0.05, 0) is 32.8 Å². The van der Waals surface area contributed by atoms with Crippen LogP contribution in [0.4, 0.5) is 0 Å². The van der Waals surface area contributed by atoms with Crippen LogP contribution in [0.25, 0.3) is 0 Å². The molecule has 2 rings (SSSR count). The summed E-state index contributed by atoms with van der Waals surface area (Å²) in [5.74, 6) is -2.62. The van der Waals surface area contributed by atoms with Crippen molar-refractivity contribution in [1.29, 1.82) is 0 Å². The molecule has 9 nitrogen and oxygen atoms in total. The van der Waals surface area contributed by atoms with Gasteiger partial charge in [0, 0.05) is 19.0 Å². The summed E-state index contributed by atoms with van der Waals surface area (Å²) in [7, 11) is 0. The maximum atomic E-state index is 12.6. The number of ether oxygens (including phenoxy) is 1. The monoisotopic (exact) mass is 340 g/mol. The van der Waals surface area contributed by atoms with Crippen molar-refractivity contribution < 1.29 is 24.2 Å². The normalized spacial score (nSPS) is 33.3. The lowest BCUT2D eigenvalue weighted by molar-refractivity contribution is -0.146. The molecular formula is C15H24N4O5. The lowest BCUT2D eigenvalue weighted by atomic mass is 9.98. The highest BCUT2D eigenvalue weighted by Gasteiger charge is 2.42. The summed E-state index contributed by atoms with van der Waals surface area (Å²) in [6.07, 6.45) is 1.86. The second-order valence-corrected chi connectivity index (χ2v) is 6.34. The summed E-state index contributed by atoms with van der Waals surface area (Å²) in [5, 5.41) is 13.5. The van der Waals surface area contributed by atoms with E-state index in [1.54, 1.807) is 0 Å². The summed E-state index contributed by atoms with van der Waals surface area (Å²) in [6, 6.07) is -1.37. The van der Waals surface area contributed by atoms with Gasteiger partial charge in [-0.1, -0.05) is 0 Å². The van der Waals surface area contributed by atoms with E-state index in [0.29, 0.717) is 0 Å². The number of nitrogens with zero attached hydrogens (tertiary/aromatic N) is 1. The molecule has 0 bridgehead atoms. The van der Waals surface area contributed by atoms with E-state index >= 15 is 0 Å². The summed E-state index contributed by atoms with van der Waals surface area (Å²) in [5.41, 5.74) is 8.69. The highest BCUT2D eigenvalue weighted by atomic mass is 16.5. The van der Waals surface area contributed by atoms with E-state index in [2.05, 4.69) is 10.7 Å². The van der Waals surface area contributed by atoms with E-state index in [1.165, 1.54) is 13.0 Å². The summed E-state index contributed by atoms with van der Waals surface area (Å²) >= 11 is 0. The fraction of sp³-hybridized carbons (Fsp3) is 0.667. The Balaban J connectivity index is 2.19. The molecule has 0 radical (unpaired) electrons. The lowest BCUT2D eigenvalue weighted by Gasteiger charge is -2.36. The lowest BCUT2D eigenvalue weighted by Crippen LogP contribution is -2.63. The Morgan fingerprint density at radius 2 is 1.88 bits per heavy atom. The molecule has 2 amide bonds. The Labute approximate surface area is 140 Å². The smallest absolute Gasteiger partial charge is 0.370 e. The van der Waals surface area contributed by atoms with Gasteiger partial charge in [0.2, 0.25) is 17.8 Å². The minimum Gasteiger partial charge on any atom is -0.475 e. The zero-order valence-electron chi connectivity index (χ0n) is 14.0. The molecular weight excluding hydrogens is 316 g/mol. The van der Waals surface area contributed by atoms with E-state index < -0.39 is 35.8 Å². The molecule has 2 aliphatic rings. The van der Waals surface area contributed by atoms with Crippen molar-refractivity contribution in [2.24, 2.45) is 5.73 Å². The highest BCUT2D eigenvalue weighted by molar-refractivity contribution is 5.88. The van der Waals surface area contributed by atoms with E-state index in [1.807, 2.05) is 18.9 Å². The van der Waals surface area contributed by atoms with Crippen LogP contribution >= 0.6 is 0 Å². The first-order valence-electron chi connectivity index (χ1n) is 7.94. The van der Waals surface area contributed by atoms with Crippen molar-refractivity contribution in [3.05, 3.63) is 11.8 Å². The molecule has 2 unspecified atom stereocenters. The molecule has 0 saturated carbocycles.